The first kappa shape index (κ1) is 24.4. The fourth-order valence-corrected chi connectivity index (χ4v) is 5.27. The third kappa shape index (κ3) is 5.16. The molecule has 0 radical (unpaired) electrons. The molecule has 7 nitrogen and oxygen atoms in total. The summed E-state index contributed by atoms with van der Waals surface area (Å²) in [6, 6.07) is 30.6. The van der Waals surface area contributed by atoms with Crippen molar-refractivity contribution in [3.8, 4) is 11.1 Å². The molecule has 37 heavy (non-hydrogen) atoms. The van der Waals surface area contributed by atoms with Gasteiger partial charge in [0, 0.05) is 19.2 Å². The van der Waals surface area contributed by atoms with Crippen LogP contribution in [0.4, 0.5) is 0 Å². The van der Waals surface area contributed by atoms with Crippen molar-refractivity contribution in [3.05, 3.63) is 120 Å². The number of ether oxygens (including phenoxy) is 1. The predicted octanol–water partition coefficient (Wildman–Crippen LogP) is 5.02. The molecule has 0 aliphatic carbocycles. The van der Waals surface area contributed by atoms with E-state index < -0.39 is 15.9 Å². The number of amides is 1. The Balaban J connectivity index is 1.41. The molecule has 0 saturated heterocycles. The molecule has 186 valence electrons. The van der Waals surface area contributed by atoms with Crippen LogP contribution in [0.5, 0.6) is 0 Å². The van der Waals surface area contributed by atoms with Crippen LogP contribution >= 0.6 is 0 Å². The number of para-hydroxylation sites is 2. The van der Waals surface area contributed by atoms with E-state index in [1.54, 1.807) is 43.5 Å². The molecule has 0 unspecified atom stereocenters. The topological polar surface area (TPSA) is 90.3 Å². The van der Waals surface area contributed by atoms with Crippen molar-refractivity contribution in [1.82, 2.24) is 14.3 Å². The number of hydrogen-bond donors (Lipinski definition) is 1. The summed E-state index contributed by atoms with van der Waals surface area (Å²) in [5.74, 6) is 0.159. The second kappa shape index (κ2) is 10.4. The van der Waals surface area contributed by atoms with Gasteiger partial charge in [0.2, 0.25) is 0 Å². The lowest BCUT2D eigenvalue weighted by Crippen LogP contribution is -2.30. The molecule has 0 saturated carbocycles. The summed E-state index contributed by atoms with van der Waals surface area (Å²) in [7, 11) is -2.34. The summed E-state index contributed by atoms with van der Waals surface area (Å²) in [5, 5.41) is 0. The minimum absolute atomic E-state index is 0.0325. The SMILES string of the molecule is COCc1nc2ccccc2n1Cc1ccc(-c2ccccc2C(=O)NS(=O)(=O)c2ccccc2)cc1. The zero-order valence-electron chi connectivity index (χ0n) is 20.2. The molecule has 0 fully saturated rings. The van der Waals surface area contributed by atoms with Gasteiger partial charge in [-0.15, -0.1) is 0 Å². The fourth-order valence-electron chi connectivity index (χ4n) is 4.28. The van der Waals surface area contributed by atoms with E-state index in [1.165, 1.54) is 12.1 Å². The first-order chi connectivity index (χ1) is 18.0. The van der Waals surface area contributed by atoms with E-state index >= 15 is 0 Å². The van der Waals surface area contributed by atoms with E-state index in [0.29, 0.717) is 18.7 Å². The number of nitrogens with one attached hydrogen (secondary N) is 1. The number of benzene rings is 4. The first-order valence-corrected chi connectivity index (χ1v) is 13.2. The number of fused-ring (bicyclic) bond motifs is 1. The van der Waals surface area contributed by atoms with Crippen LogP contribution in [0.25, 0.3) is 22.2 Å². The molecule has 1 N–H and O–H groups in total. The lowest BCUT2D eigenvalue weighted by atomic mass is 9.98. The zero-order chi connectivity index (χ0) is 25.8. The van der Waals surface area contributed by atoms with Gasteiger partial charge in [-0.2, -0.15) is 0 Å². The van der Waals surface area contributed by atoms with Gasteiger partial charge in [-0.25, -0.2) is 18.1 Å². The molecule has 4 aromatic carbocycles. The first-order valence-electron chi connectivity index (χ1n) is 11.7. The molecular formula is C29H25N3O4S. The number of carbonyl (C=O) groups excluding carboxylic acids is 1. The normalized spacial score (nSPS) is 11.5. The highest BCUT2D eigenvalue weighted by atomic mass is 32.2. The molecule has 8 heteroatoms. The van der Waals surface area contributed by atoms with E-state index in [2.05, 4.69) is 9.29 Å². The maximum Gasteiger partial charge on any atom is 0.265 e. The second-order valence-electron chi connectivity index (χ2n) is 8.53. The molecule has 0 bridgehead atoms. The minimum Gasteiger partial charge on any atom is -0.377 e. The lowest BCUT2D eigenvalue weighted by Gasteiger charge is -2.13. The largest absolute Gasteiger partial charge is 0.377 e. The monoisotopic (exact) mass is 511 g/mol. The van der Waals surface area contributed by atoms with Gasteiger partial charge < -0.3 is 9.30 Å². The average Bonchev–Trinajstić information content (AvgIpc) is 3.26. The van der Waals surface area contributed by atoms with Crippen LogP contribution in [-0.2, 0) is 27.9 Å². The van der Waals surface area contributed by atoms with Crippen molar-refractivity contribution < 1.29 is 17.9 Å². The Hall–Kier alpha value is -4.27. The van der Waals surface area contributed by atoms with Gasteiger partial charge in [0.1, 0.15) is 12.4 Å². The zero-order valence-corrected chi connectivity index (χ0v) is 21.0. The molecule has 1 amide bonds. The standard InChI is InChI=1S/C29H25N3O4S/c1-36-20-28-30-26-13-7-8-14-27(26)32(28)19-21-15-17-22(18-16-21)24-11-5-6-12-25(24)29(33)31-37(34,35)23-9-3-2-4-10-23/h2-18H,19-20H2,1H3,(H,31,33). The molecule has 0 aliphatic heterocycles. The van der Waals surface area contributed by atoms with Crippen LogP contribution in [-0.4, -0.2) is 31.0 Å². The van der Waals surface area contributed by atoms with Crippen LogP contribution in [0.1, 0.15) is 21.7 Å². The van der Waals surface area contributed by atoms with Gasteiger partial charge in [0.15, 0.2) is 0 Å². The average molecular weight is 512 g/mol. The van der Waals surface area contributed by atoms with Gasteiger partial charge in [-0.05, 0) is 47.0 Å². The number of methoxy groups -OCH3 is 1. The Labute approximate surface area is 215 Å². The number of sulfonamides is 1. The van der Waals surface area contributed by atoms with E-state index in [0.717, 1.165) is 28.0 Å². The number of carbonyl (C=O) groups is 1. The summed E-state index contributed by atoms with van der Waals surface area (Å²) >= 11 is 0. The van der Waals surface area contributed by atoms with Gasteiger partial charge in [0.05, 0.1) is 15.9 Å². The molecule has 1 heterocycles. The van der Waals surface area contributed by atoms with E-state index in [9.17, 15) is 13.2 Å². The van der Waals surface area contributed by atoms with E-state index in [4.69, 9.17) is 9.72 Å². The quantitative estimate of drug-likeness (QED) is 0.316. The Morgan fingerprint density at radius 3 is 2.30 bits per heavy atom. The summed E-state index contributed by atoms with van der Waals surface area (Å²) in [5.41, 5.74) is 4.72. The van der Waals surface area contributed by atoms with Crippen molar-refractivity contribution in [2.45, 2.75) is 18.0 Å². The van der Waals surface area contributed by atoms with Crippen LogP contribution in [0.3, 0.4) is 0 Å². The Kier molecular flexibility index (Phi) is 6.85. The van der Waals surface area contributed by atoms with E-state index in [1.807, 2.05) is 54.6 Å². The lowest BCUT2D eigenvalue weighted by molar-refractivity contribution is 0.0982. The highest BCUT2D eigenvalue weighted by Gasteiger charge is 2.21. The van der Waals surface area contributed by atoms with Crippen molar-refractivity contribution in [1.29, 1.82) is 0 Å². The minimum atomic E-state index is -3.99. The highest BCUT2D eigenvalue weighted by Crippen LogP contribution is 2.26. The molecular weight excluding hydrogens is 486 g/mol. The van der Waals surface area contributed by atoms with Gasteiger partial charge >= 0.3 is 0 Å². The van der Waals surface area contributed by atoms with Crippen molar-refractivity contribution in [2.75, 3.05) is 7.11 Å². The Morgan fingerprint density at radius 1 is 0.865 bits per heavy atom. The van der Waals surface area contributed by atoms with Crippen molar-refractivity contribution in [2.24, 2.45) is 0 Å². The smallest absolute Gasteiger partial charge is 0.265 e. The fraction of sp³-hybridized carbons (Fsp3) is 0.103. The Morgan fingerprint density at radius 2 is 1.54 bits per heavy atom. The molecule has 0 aliphatic rings. The van der Waals surface area contributed by atoms with Gasteiger partial charge in [0.25, 0.3) is 15.9 Å². The summed E-state index contributed by atoms with van der Waals surface area (Å²) < 4.78 is 35.0. The third-order valence-corrected chi connectivity index (χ3v) is 7.41. The number of nitrogens with zero attached hydrogens (tertiary/aromatic N) is 2. The van der Waals surface area contributed by atoms with Crippen LogP contribution in [0.15, 0.2) is 108 Å². The van der Waals surface area contributed by atoms with Gasteiger partial charge in [-0.3, -0.25) is 4.79 Å². The summed E-state index contributed by atoms with van der Waals surface area (Å²) in [6.07, 6.45) is 0. The molecule has 5 rings (SSSR count). The predicted molar refractivity (Wildman–Crippen MR) is 143 cm³/mol. The third-order valence-electron chi connectivity index (χ3n) is 6.06. The van der Waals surface area contributed by atoms with Crippen LogP contribution in [0, 0.1) is 0 Å². The molecule has 1 aromatic heterocycles. The van der Waals surface area contributed by atoms with Crippen molar-refractivity contribution in [3.63, 3.8) is 0 Å². The molecule has 5 aromatic rings. The van der Waals surface area contributed by atoms with Crippen molar-refractivity contribution >= 4 is 27.0 Å². The maximum atomic E-state index is 13.0. The number of imidazole rings is 1. The Bertz CT molecular complexity index is 1660. The van der Waals surface area contributed by atoms with Gasteiger partial charge in [-0.1, -0.05) is 72.8 Å². The van der Waals surface area contributed by atoms with E-state index in [-0.39, 0.29) is 10.5 Å². The summed E-state index contributed by atoms with van der Waals surface area (Å²) in [4.78, 5) is 17.7. The molecule has 0 atom stereocenters. The highest BCUT2D eigenvalue weighted by molar-refractivity contribution is 7.90. The number of hydrogen-bond acceptors (Lipinski definition) is 5. The maximum absolute atomic E-state index is 13.0. The second-order valence-corrected chi connectivity index (χ2v) is 10.2. The van der Waals surface area contributed by atoms with Crippen LogP contribution < -0.4 is 4.72 Å². The number of aromatic nitrogens is 2. The number of rotatable bonds is 8. The summed E-state index contributed by atoms with van der Waals surface area (Å²) in [6.45, 7) is 1.01. The van der Waals surface area contributed by atoms with Crippen LogP contribution in [0.2, 0.25) is 0 Å². The molecule has 0 spiro atoms.